The fourth-order valence-electron chi connectivity index (χ4n) is 2.85. The molecule has 0 heterocycles. The Morgan fingerprint density at radius 2 is 1.59 bits per heavy atom. The monoisotopic (exact) mass is 425 g/mol. The van der Waals surface area contributed by atoms with Crippen LogP contribution in [0.15, 0.2) is 71.2 Å². The number of nitrogens with one attached hydrogen (secondary N) is 1. The summed E-state index contributed by atoms with van der Waals surface area (Å²) in [7, 11) is 1.70. The number of rotatable bonds is 8. The van der Waals surface area contributed by atoms with E-state index in [1.54, 1.807) is 7.11 Å². The predicted molar refractivity (Wildman–Crippen MR) is 113 cm³/mol. The molecule has 0 unspecified atom stereocenters. The van der Waals surface area contributed by atoms with Crippen LogP contribution < -0.4 is 14.8 Å². The van der Waals surface area contributed by atoms with Gasteiger partial charge in [0.05, 0.1) is 7.11 Å². The molecule has 0 spiro atoms. The van der Waals surface area contributed by atoms with Crippen molar-refractivity contribution in [3.8, 4) is 11.5 Å². The molecule has 0 atom stereocenters. The first kappa shape index (κ1) is 19.5. The third kappa shape index (κ3) is 5.59. The maximum Gasteiger partial charge on any atom is 0.124 e. The van der Waals surface area contributed by atoms with E-state index >= 15 is 0 Å². The number of para-hydroxylation sites is 1. The summed E-state index contributed by atoms with van der Waals surface area (Å²) in [5.74, 6) is 1.79. The lowest BCUT2D eigenvalue weighted by molar-refractivity contribution is 0.302. The summed E-state index contributed by atoms with van der Waals surface area (Å²) in [6.45, 7) is 4.08. The van der Waals surface area contributed by atoms with E-state index in [2.05, 4.69) is 64.6 Å². The van der Waals surface area contributed by atoms with Crippen LogP contribution >= 0.6 is 15.9 Å². The summed E-state index contributed by atoms with van der Waals surface area (Å²) >= 11 is 3.56. The van der Waals surface area contributed by atoms with Crippen molar-refractivity contribution in [1.29, 1.82) is 0 Å². The fourth-order valence-corrected chi connectivity index (χ4v) is 3.26. The molecule has 3 aromatic carbocycles. The van der Waals surface area contributed by atoms with Crippen LogP contribution in [-0.2, 0) is 19.7 Å². The highest BCUT2D eigenvalue weighted by Gasteiger charge is 2.07. The van der Waals surface area contributed by atoms with Gasteiger partial charge in [-0.2, -0.15) is 0 Å². The molecule has 140 valence electrons. The number of hydrogen-bond acceptors (Lipinski definition) is 3. The molecule has 3 nitrogen and oxygen atoms in total. The number of aryl methyl sites for hydroxylation is 1. The highest BCUT2D eigenvalue weighted by Crippen LogP contribution is 2.25. The van der Waals surface area contributed by atoms with Crippen molar-refractivity contribution in [2.24, 2.45) is 0 Å². The zero-order chi connectivity index (χ0) is 19.1. The average molecular weight is 426 g/mol. The maximum atomic E-state index is 6.08. The van der Waals surface area contributed by atoms with Crippen LogP contribution in [0.2, 0.25) is 0 Å². The quantitative estimate of drug-likeness (QED) is 0.506. The largest absolute Gasteiger partial charge is 0.496 e. The molecular weight excluding hydrogens is 402 g/mol. The highest BCUT2D eigenvalue weighted by molar-refractivity contribution is 9.10. The summed E-state index contributed by atoms with van der Waals surface area (Å²) in [6, 6.07) is 22.6. The minimum atomic E-state index is 0.557. The van der Waals surface area contributed by atoms with Gasteiger partial charge in [-0.05, 0) is 36.8 Å². The van der Waals surface area contributed by atoms with E-state index in [0.717, 1.165) is 39.2 Å². The molecule has 0 saturated carbocycles. The molecule has 0 aliphatic heterocycles. The SMILES string of the molecule is COc1ccccc1CNCc1cc(Br)ccc1OCc1ccc(C)cc1. The van der Waals surface area contributed by atoms with Gasteiger partial charge < -0.3 is 14.8 Å². The van der Waals surface area contributed by atoms with Gasteiger partial charge in [-0.15, -0.1) is 0 Å². The summed E-state index contributed by atoms with van der Waals surface area (Å²) < 4.78 is 12.5. The first-order valence-electron chi connectivity index (χ1n) is 8.95. The molecule has 27 heavy (non-hydrogen) atoms. The highest BCUT2D eigenvalue weighted by atomic mass is 79.9. The van der Waals surface area contributed by atoms with Gasteiger partial charge >= 0.3 is 0 Å². The van der Waals surface area contributed by atoms with Crippen molar-refractivity contribution in [1.82, 2.24) is 5.32 Å². The molecular formula is C23H24BrNO2. The van der Waals surface area contributed by atoms with E-state index in [4.69, 9.17) is 9.47 Å². The Balaban J connectivity index is 1.64. The average Bonchev–Trinajstić information content (AvgIpc) is 2.69. The van der Waals surface area contributed by atoms with E-state index in [1.807, 2.05) is 30.3 Å². The second kappa shape index (κ2) is 9.58. The third-order valence-corrected chi connectivity index (χ3v) is 4.85. The Morgan fingerprint density at radius 3 is 2.37 bits per heavy atom. The van der Waals surface area contributed by atoms with Crippen molar-refractivity contribution in [3.05, 3.63) is 93.5 Å². The van der Waals surface area contributed by atoms with Crippen molar-refractivity contribution < 1.29 is 9.47 Å². The number of methoxy groups -OCH3 is 1. The Labute approximate surface area is 169 Å². The molecule has 0 aromatic heterocycles. The molecule has 0 fully saturated rings. The lowest BCUT2D eigenvalue weighted by atomic mass is 10.1. The number of halogens is 1. The molecule has 0 aliphatic rings. The van der Waals surface area contributed by atoms with E-state index in [-0.39, 0.29) is 0 Å². The summed E-state index contributed by atoms with van der Waals surface area (Å²) in [6.07, 6.45) is 0. The zero-order valence-electron chi connectivity index (χ0n) is 15.7. The molecule has 3 rings (SSSR count). The van der Waals surface area contributed by atoms with Crippen LogP contribution in [-0.4, -0.2) is 7.11 Å². The van der Waals surface area contributed by atoms with Crippen molar-refractivity contribution in [2.75, 3.05) is 7.11 Å². The van der Waals surface area contributed by atoms with Crippen molar-refractivity contribution >= 4 is 15.9 Å². The number of hydrogen-bond donors (Lipinski definition) is 1. The molecule has 1 N–H and O–H groups in total. The summed E-state index contributed by atoms with van der Waals surface area (Å²) in [5.41, 5.74) is 4.67. The first-order valence-corrected chi connectivity index (χ1v) is 9.74. The van der Waals surface area contributed by atoms with Gasteiger partial charge in [0.15, 0.2) is 0 Å². The van der Waals surface area contributed by atoms with Crippen LogP contribution in [0, 0.1) is 6.92 Å². The Hall–Kier alpha value is -2.30. The van der Waals surface area contributed by atoms with Gasteiger partial charge in [-0.1, -0.05) is 64.0 Å². The van der Waals surface area contributed by atoms with E-state index in [1.165, 1.54) is 5.56 Å². The molecule has 0 amide bonds. The van der Waals surface area contributed by atoms with Gasteiger partial charge in [-0.25, -0.2) is 0 Å². The van der Waals surface area contributed by atoms with Crippen molar-refractivity contribution in [2.45, 2.75) is 26.6 Å². The fraction of sp³-hybridized carbons (Fsp3) is 0.217. The van der Waals surface area contributed by atoms with Gasteiger partial charge in [-0.3, -0.25) is 0 Å². The minimum absolute atomic E-state index is 0.557. The van der Waals surface area contributed by atoms with Gasteiger partial charge in [0.2, 0.25) is 0 Å². The molecule has 0 saturated heterocycles. The van der Waals surface area contributed by atoms with E-state index in [9.17, 15) is 0 Å². The maximum absolute atomic E-state index is 6.08. The number of ether oxygens (including phenoxy) is 2. The lowest BCUT2D eigenvalue weighted by Gasteiger charge is -2.14. The molecule has 0 aliphatic carbocycles. The van der Waals surface area contributed by atoms with E-state index in [0.29, 0.717) is 13.2 Å². The summed E-state index contributed by atoms with van der Waals surface area (Å²) in [4.78, 5) is 0. The van der Waals surface area contributed by atoms with Crippen LogP contribution in [0.25, 0.3) is 0 Å². The molecule has 3 aromatic rings. The Morgan fingerprint density at radius 1 is 0.852 bits per heavy atom. The smallest absolute Gasteiger partial charge is 0.124 e. The topological polar surface area (TPSA) is 30.5 Å². The van der Waals surface area contributed by atoms with Gasteiger partial charge in [0.1, 0.15) is 18.1 Å². The lowest BCUT2D eigenvalue weighted by Crippen LogP contribution is -2.14. The van der Waals surface area contributed by atoms with Gasteiger partial charge in [0.25, 0.3) is 0 Å². The third-order valence-electron chi connectivity index (χ3n) is 4.36. The second-order valence-corrected chi connectivity index (χ2v) is 7.36. The molecule has 0 bridgehead atoms. The minimum Gasteiger partial charge on any atom is -0.496 e. The van der Waals surface area contributed by atoms with E-state index < -0.39 is 0 Å². The predicted octanol–water partition coefficient (Wildman–Crippen LogP) is 5.63. The van der Waals surface area contributed by atoms with Crippen LogP contribution in [0.3, 0.4) is 0 Å². The Kier molecular flexibility index (Phi) is 6.91. The summed E-state index contributed by atoms with van der Waals surface area (Å²) in [5, 5.41) is 3.49. The molecule has 4 heteroatoms. The first-order chi connectivity index (χ1) is 13.2. The van der Waals surface area contributed by atoms with Crippen LogP contribution in [0.5, 0.6) is 11.5 Å². The van der Waals surface area contributed by atoms with Gasteiger partial charge in [0, 0.05) is 28.7 Å². The second-order valence-electron chi connectivity index (χ2n) is 6.44. The normalized spacial score (nSPS) is 10.6. The zero-order valence-corrected chi connectivity index (χ0v) is 17.3. The van der Waals surface area contributed by atoms with Crippen LogP contribution in [0.4, 0.5) is 0 Å². The molecule has 0 radical (unpaired) electrons. The standard InChI is InChI=1S/C23H24BrNO2/c1-17-7-9-18(10-8-17)16-27-23-12-11-21(24)13-20(23)15-25-14-19-5-3-4-6-22(19)26-2/h3-13,25H,14-16H2,1-2H3. The van der Waals surface area contributed by atoms with Crippen LogP contribution in [0.1, 0.15) is 22.3 Å². The van der Waals surface area contributed by atoms with Crippen molar-refractivity contribution in [3.63, 3.8) is 0 Å². The Bertz CT molecular complexity index is 878. The number of benzene rings is 3.